The minimum absolute atomic E-state index is 0.250. The van der Waals surface area contributed by atoms with Crippen LogP contribution >= 0.6 is 12.2 Å². The van der Waals surface area contributed by atoms with Crippen molar-refractivity contribution in [2.24, 2.45) is 11.5 Å². The molecule has 4 N–H and O–H groups in total. The highest BCUT2D eigenvalue weighted by Crippen LogP contribution is 2.12. The summed E-state index contributed by atoms with van der Waals surface area (Å²) in [5, 5.41) is 0. The summed E-state index contributed by atoms with van der Waals surface area (Å²) < 4.78 is 5.58. The van der Waals surface area contributed by atoms with Crippen LogP contribution in [0.2, 0.25) is 0 Å². The molecule has 1 aromatic carbocycles. The molecule has 0 bridgehead atoms. The molecule has 0 atom stereocenters. The van der Waals surface area contributed by atoms with Crippen molar-refractivity contribution in [1.82, 2.24) is 4.90 Å². The van der Waals surface area contributed by atoms with Gasteiger partial charge in [0.1, 0.15) is 17.3 Å². The molecule has 1 aromatic rings. The van der Waals surface area contributed by atoms with Crippen LogP contribution in [0.1, 0.15) is 12.5 Å². The molecule has 104 valence electrons. The highest BCUT2D eigenvalue weighted by Gasteiger charge is 2.06. The Labute approximate surface area is 118 Å². The molecule has 0 heterocycles. The van der Waals surface area contributed by atoms with Gasteiger partial charge in [-0.3, -0.25) is 9.69 Å². The van der Waals surface area contributed by atoms with Gasteiger partial charge >= 0.3 is 0 Å². The first kappa shape index (κ1) is 15.4. The predicted molar refractivity (Wildman–Crippen MR) is 79.1 cm³/mol. The van der Waals surface area contributed by atoms with Crippen LogP contribution in [0, 0.1) is 0 Å². The molecule has 0 aliphatic heterocycles. The molecule has 19 heavy (non-hydrogen) atoms. The Hall–Kier alpha value is -1.66. The van der Waals surface area contributed by atoms with E-state index in [1.165, 1.54) is 0 Å². The maximum absolute atomic E-state index is 10.8. The second-order valence-corrected chi connectivity index (χ2v) is 4.51. The van der Waals surface area contributed by atoms with E-state index in [1.807, 2.05) is 36.1 Å². The summed E-state index contributed by atoms with van der Waals surface area (Å²) in [4.78, 5) is 13.1. The van der Waals surface area contributed by atoms with Gasteiger partial charge in [-0.15, -0.1) is 0 Å². The Morgan fingerprint density at radius 3 is 2.42 bits per heavy atom. The van der Waals surface area contributed by atoms with E-state index >= 15 is 0 Å². The second kappa shape index (κ2) is 7.70. The molecule has 0 radical (unpaired) electrons. The fraction of sp³-hybridized carbons (Fsp3) is 0.385. The summed E-state index contributed by atoms with van der Waals surface area (Å²) in [5.74, 6) is 0.415. The second-order valence-electron chi connectivity index (χ2n) is 4.07. The third-order valence-corrected chi connectivity index (χ3v) is 2.88. The van der Waals surface area contributed by atoms with Crippen molar-refractivity contribution in [3.8, 4) is 5.75 Å². The van der Waals surface area contributed by atoms with Crippen LogP contribution in [0.25, 0.3) is 0 Å². The quantitative estimate of drug-likeness (QED) is 0.678. The molecule has 6 heteroatoms. The number of carbonyl (C=O) groups excluding carboxylic acids is 1. The standard InChI is InChI=1S/C13H19N3O2S/c1-2-16(9-12(14)17)7-8-18-11-5-3-10(4-6-11)13(15)19/h3-6H,2,7-9H2,1H3,(H2,14,17)(H2,15,19). The van der Waals surface area contributed by atoms with Gasteiger partial charge in [0, 0.05) is 12.1 Å². The van der Waals surface area contributed by atoms with E-state index in [2.05, 4.69) is 0 Å². The molecule has 0 aromatic heterocycles. The minimum Gasteiger partial charge on any atom is -0.492 e. The van der Waals surface area contributed by atoms with Gasteiger partial charge < -0.3 is 16.2 Å². The number of rotatable bonds is 8. The number of nitrogens with two attached hydrogens (primary N) is 2. The summed E-state index contributed by atoms with van der Waals surface area (Å²) in [6, 6.07) is 7.27. The summed E-state index contributed by atoms with van der Waals surface area (Å²) in [5.41, 5.74) is 11.5. The molecule has 0 aliphatic rings. The molecule has 0 spiro atoms. The van der Waals surface area contributed by atoms with Crippen molar-refractivity contribution in [2.75, 3.05) is 26.2 Å². The third kappa shape index (κ3) is 5.67. The Morgan fingerprint density at radius 2 is 1.95 bits per heavy atom. The normalized spacial score (nSPS) is 10.4. The summed E-state index contributed by atoms with van der Waals surface area (Å²) in [6.07, 6.45) is 0. The monoisotopic (exact) mass is 281 g/mol. The SMILES string of the molecule is CCN(CCOc1ccc(C(N)=S)cc1)CC(N)=O. The highest BCUT2D eigenvalue weighted by molar-refractivity contribution is 7.80. The van der Waals surface area contributed by atoms with Crippen molar-refractivity contribution in [3.05, 3.63) is 29.8 Å². The number of carbonyl (C=O) groups is 1. The van der Waals surface area contributed by atoms with Crippen LogP contribution in [0.5, 0.6) is 5.75 Å². The molecule has 0 unspecified atom stereocenters. The molecule has 1 rings (SSSR count). The summed E-state index contributed by atoms with van der Waals surface area (Å²) in [6.45, 7) is 4.12. The van der Waals surface area contributed by atoms with Crippen LogP contribution in [0.3, 0.4) is 0 Å². The number of likely N-dealkylation sites (N-methyl/N-ethyl adjacent to an activating group) is 1. The summed E-state index contributed by atoms with van der Waals surface area (Å²) >= 11 is 4.87. The van der Waals surface area contributed by atoms with E-state index in [-0.39, 0.29) is 12.5 Å². The number of amides is 1. The van der Waals surface area contributed by atoms with Crippen molar-refractivity contribution in [2.45, 2.75) is 6.92 Å². The minimum atomic E-state index is -0.331. The number of benzene rings is 1. The first-order valence-electron chi connectivity index (χ1n) is 6.06. The fourth-order valence-electron chi connectivity index (χ4n) is 1.58. The van der Waals surface area contributed by atoms with Gasteiger partial charge in [-0.25, -0.2) is 0 Å². The highest BCUT2D eigenvalue weighted by atomic mass is 32.1. The molecule has 0 aliphatic carbocycles. The van der Waals surface area contributed by atoms with E-state index in [0.717, 1.165) is 17.9 Å². The molecule has 5 nitrogen and oxygen atoms in total. The average Bonchev–Trinajstić information content (AvgIpc) is 2.37. The average molecular weight is 281 g/mol. The lowest BCUT2D eigenvalue weighted by Crippen LogP contribution is -2.36. The van der Waals surface area contributed by atoms with E-state index in [1.54, 1.807) is 0 Å². The fourth-order valence-corrected chi connectivity index (χ4v) is 1.71. The van der Waals surface area contributed by atoms with Gasteiger partial charge in [0.25, 0.3) is 0 Å². The van der Waals surface area contributed by atoms with Crippen molar-refractivity contribution in [3.63, 3.8) is 0 Å². The molecule has 1 amide bonds. The molecule has 0 saturated carbocycles. The molecule has 0 saturated heterocycles. The van der Waals surface area contributed by atoms with Gasteiger partial charge in [0.15, 0.2) is 0 Å². The number of primary amides is 1. The van der Waals surface area contributed by atoms with E-state index in [0.29, 0.717) is 18.1 Å². The van der Waals surface area contributed by atoms with Crippen LogP contribution in [0.4, 0.5) is 0 Å². The number of thiocarbonyl (C=S) groups is 1. The van der Waals surface area contributed by atoms with E-state index in [4.69, 9.17) is 28.4 Å². The largest absolute Gasteiger partial charge is 0.492 e. The molecular formula is C13H19N3O2S. The van der Waals surface area contributed by atoms with E-state index in [9.17, 15) is 4.79 Å². The zero-order valence-electron chi connectivity index (χ0n) is 11.0. The molecule has 0 fully saturated rings. The number of hydrogen-bond donors (Lipinski definition) is 2. The van der Waals surface area contributed by atoms with Gasteiger partial charge in [-0.2, -0.15) is 0 Å². The van der Waals surface area contributed by atoms with Gasteiger partial charge in [0.2, 0.25) is 5.91 Å². The Balaban J connectivity index is 2.39. The Bertz CT molecular complexity index is 434. The van der Waals surface area contributed by atoms with Crippen LogP contribution in [-0.4, -0.2) is 42.0 Å². The van der Waals surface area contributed by atoms with Crippen molar-refractivity contribution >= 4 is 23.1 Å². The first-order valence-corrected chi connectivity index (χ1v) is 6.47. The van der Waals surface area contributed by atoms with Gasteiger partial charge in [-0.05, 0) is 30.8 Å². The van der Waals surface area contributed by atoms with Crippen LogP contribution in [0.15, 0.2) is 24.3 Å². The number of nitrogens with zero attached hydrogens (tertiary/aromatic N) is 1. The zero-order valence-corrected chi connectivity index (χ0v) is 11.8. The maximum atomic E-state index is 10.8. The third-order valence-electron chi connectivity index (χ3n) is 2.64. The van der Waals surface area contributed by atoms with E-state index < -0.39 is 0 Å². The lowest BCUT2D eigenvalue weighted by Gasteiger charge is -2.18. The predicted octanol–water partition coefficient (Wildman–Crippen LogP) is 0.507. The smallest absolute Gasteiger partial charge is 0.231 e. The maximum Gasteiger partial charge on any atom is 0.231 e. The Morgan fingerprint density at radius 1 is 1.32 bits per heavy atom. The van der Waals surface area contributed by atoms with Crippen molar-refractivity contribution < 1.29 is 9.53 Å². The van der Waals surface area contributed by atoms with Crippen LogP contribution in [-0.2, 0) is 4.79 Å². The number of hydrogen-bond acceptors (Lipinski definition) is 4. The van der Waals surface area contributed by atoms with Crippen LogP contribution < -0.4 is 16.2 Å². The van der Waals surface area contributed by atoms with Gasteiger partial charge in [0.05, 0.1) is 6.54 Å². The Kier molecular flexibility index (Phi) is 6.24. The topological polar surface area (TPSA) is 81.6 Å². The summed E-state index contributed by atoms with van der Waals surface area (Å²) in [7, 11) is 0. The van der Waals surface area contributed by atoms with Crippen molar-refractivity contribution in [1.29, 1.82) is 0 Å². The first-order chi connectivity index (χ1) is 9.02. The lowest BCUT2D eigenvalue weighted by atomic mass is 10.2. The van der Waals surface area contributed by atoms with Gasteiger partial charge in [-0.1, -0.05) is 19.1 Å². The zero-order chi connectivity index (χ0) is 14.3. The molecular weight excluding hydrogens is 262 g/mol. The lowest BCUT2D eigenvalue weighted by molar-refractivity contribution is -0.119. The number of ether oxygens (including phenoxy) is 1.